The van der Waals surface area contributed by atoms with Gasteiger partial charge in [0.15, 0.2) is 11.0 Å². The minimum atomic E-state index is -0.335. The largest absolute Gasteiger partial charge is 0.352 e. The summed E-state index contributed by atoms with van der Waals surface area (Å²) in [5.41, 5.74) is 0.407. The smallest absolute Gasteiger partial charge is 0.230 e. The third kappa shape index (κ3) is 4.21. The van der Waals surface area contributed by atoms with Gasteiger partial charge >= 0.3 is 0 Å². The lowest BCUT2D eigenvalue weighted by Crippen LogP contribution is -2.41. The number of nitrogens with one attached hydrogen (secondary N) is 1. The minimum absolute atomic E-state index is 0.0131. The van der Waals surface area contributed by atoms with Crippen molar-refractivity contribution in [3.05, 3.63) is 30.1 Å². The van der Waals surface area contributed by atoms with Crippen LogP contribution in [0.5, 0.6) is 0 Å². The summed E-state index contributed by atoms with van der Waals surface area (Å²) in [5.74, 6) is 0.955. The third-order valence-electron chi connectivity index (χ3n) is 4.74. The number of hydrogen-bond acceptors (Lipinski definition) is 4. The molecule has 2 aromatic rings. The molecule has 1 heterocycles. The normalized spacial score (nSPS) is 20.4. The molecule has 2 atom stereocenters. The number of halogens is 1. The number of benzene rings is 1. The van der Waals surface area contributed by atoms with Gasteiger partial charge in [0.25, 0.3) is 0 Å². The van der Waals surface area contributed by atoms with E-state index in [0.29, 0.717) is 22.5 Å². The van der Waals surface area contributed by atoms with Crippen molar-refractivity contribution in [2.24, 2.45) is 13.0 Å². The molecule has 0 saturated heterocycles. The van der Waals surface area contributed by atoms with Gasteiger partial charge in [-0.2, -0.15) is 0 Å². The van der Waals surface area contributed by atoms with Crippen LogP contribution in [0.25, 0.3) is 11.4 Å². The second-order valence-corrected chi connectivity index (χ2v) is 7.51. The van der Waals surface area contributed by atoms with Gasteiger partial charge in [-0.3, -0.25) is 4.79 Å². The van der Waals surface area contributed by atoms with Gasteiger partial charge in [0.05, 0.1) is 11.3 Å². The van der Waals surface area contributed by atoms with Crippen LogP contribution in [0.1, 0.15) is 32.6 Å². The van der Waals surface area contributed by atoms with Crippen LogP contribution in [0.3, 0.4) is 0 Å². The Morgan fingerprint density at radius 1 is 1.32 bits per heavy atom. The summed E-state index contributed by atoms with van der Waals surface area (Å²) in [6.07, 6.45) is 4.66. The van der Waals surface area contributed by atoms with Crippen molar-refractivity contribution in [3.8, 4) is 11.4 Å². The van der Waals surface area contributed by atoms with Gasteiger partial charge < -0.3 is 9.88 Å². The van der Waals surface area contributed by atoms with Crippen molar-refractivity contribution in [2.75, 3.05) is 5.75 Å². The summed E-state index contributed by atoms with van der Waals surface area (Å²) in [7, 11) is 1.78. The molecule has 1 saturated carbocycles. The summed E-state index contributed by atoms with van der Waals surface area (Å²) in [5, 5.41) is 11.9. The molecule has 7 heteroatoms. The molecule has 1 aromatic carbocycles. The molecule has 1 fully saturated rings. The molecule has 5 nitrogen and oxygen atoms in total. The van der Waals surface area contributed by atoms with Crippen molar-refractivity contribution >= 4 is 17.7 Å². The summed E-state index contributed by atoms with van der Waals surface area (Å²) in [6, 6.07) is 6.75. The van der Waals surface area contributed by atoms with Crippen molar-refractivity contribution < 1.29 is 9.18 Å². The first-order chi connectivity index (χ1) is 12.1. The Morgan fingerprint density at radius 3 is 2.84 bits per heavy atom. The number of hydrogen-bond donors (Lipinski definition) is 1. The first kappa shape index (κ1) is 17.9. The van der Waals surface area contributed by atoms with Crippen LogP contribution < -0.4 is 5.32 Å². The number of thioether (sulfide) groups is 1. The van der Waals surface area contributed by atoms with Crippen LogP contribution >= 0.6 is 11.8 Å². The summed E-state index contributed by atoms with van der Waals surface area (Å²) >= 11 is 1.32. The number of carbonyl (C=O) groups is 1. The predicted molar refractivity (Wildman–Crippen MR) is 96.7 cm³/mol. The van der Waals surface area contributed by atoms with Gasteiger partial charge in [-0.1, -0.05) is 43.7 Å². The van der Waals surface area contributed by atoms with E-state index >= 15 is 0 Å². The highest BCUT2D eigenvalue weighted by atomic mass is 32.2. The van der Waals surface area contributed by atoms with E-state index in [1.807, 2.05) is 0 Å². The molecule has 0 aliphatic heterocycles. The Kier molecular flexibility index (Phi) is 5.73. The van der Waals surface area contributed by atoms with E-state index < -0.39 is 0 Å². The number of aromatic nitrogens is 3. The maximum atomic E-state index is 13.9. The molecule has 1 N–H and O–H groups in total. The van der Waals surface area contributed by atoms with E-state index in [4.69, 9.17) is 0 Å². The SMILES string of the molecule is C[C@H]1CCCC[C@H]1NC(=O)CSc1nnc(-c2ccccc2F)n1C. The van der Waals surface area contributed by atoms with E-state index in [1.165, 1.54) is 37.1 Å². The number of amides is 1. The quantitative estimate of drug-likeness (QED) is 0.828. The topological polar surface area (TPSA) is 59.8 Å². The molecule has 0 spiro atoms. The number of nitrogens with zero attached hydrogens (tertiary/aromatic N) is 3. The number of rotatable bonds is 5. The molecule has 134 valence electrons. The standard InChI is InChI=1S/C18H23FN4OS/c1-12-7-3-6-10-15(12)20-16(24)11-25-18-22-21-17(23(18)2)13-8-4-5-9-14(13)19/h4-5,8-9,12,15H,3,6-7,10-11H2,1-2H3,(H,20,24)/t12-,15+/m0/s1. The average Bonchev–Trinajstić information content (AvgIpc) is 2.96. The van der Waals surface area contributed by atoms with E-state index in [-0.39, 0.29) is 23.5 Å². The molecule has 25 heavy (non-hydrogen) atoms. The van der Waals surface area contributed by atoms with E-state index in [0.717, 1.165) is 6.42 Å². The average molecular weight is 362 g/mol. The molecular weight excluding hydrogens is 339 g/mol. The fourth-order valence-electron chi connectivity index (χ4n) is 3.23. The molecule has 1 aliphatic carbocycles. The zero-order valence-electron chi connectivity index (χ0n) is 14.5. The summed E-state index contributed by atoms with van der Waals surface area (Å²) in [6.45, 7) is 2.20. The van der Waals surface area contributed by atoms with Gasteiger partial charge in [0.2, 0.25) is 5.91 Å². The summed E-state index contributed by atoms with van der Waals surface area (Å²) < 4.78 is 15.6. The van der Waals surface area contributed by atoms with Crippen molar-refractivity contribution in [1.82, 2.24) is 20.1 Å². The van der Waals surface area contributed by atoms with E-state index in [1.54, 1.807) is 29.8 Å². The van der Waals surface area contributed by atoms with Gasteiger partial charge in [0.1, 0.15) is 5.82 Å². The lowest BCUT2D eigenvalue weighted by atomic mass is 9.86. The molecule has 3 rings (SSSR count). The van der Waals surface area contributed by atoms with E-state index in [2.05, 4.69) is 22.4 Å². The van der Waals surface area contributed by atoms with Gasteiger partial charge in [-0.05, 0) is 30.9 Å². The Bertz CT molecular complexity index is 748. The lowest BCUT2D eigenvalue weighted by Gasteiger charge is -2.29. The highest BCUT2D eigenvalue weighted by Gasteiger charge is 2.23. The monoisotopic (exact) mass is 362 g/mol. The maximum absolute atomic E-state index is 13.9. The van der Waals surface area contributed by atoms with E-state index in [9.17, 15) is 9.18 Å². The van der Waals surface area contributed by atoms with Crippen molar-refractivity contribution in [2.45, 2.75) is 43.8 Å². The van der Waals surface area contributed by atoms with Crippen LogP contribution in [0, 0.1) is 11.7 Å². The Balaban J connectivity index is 1.60. The molecule has 1 amide bonds. The van der Waals surface area contributed by atoms with Crippen LogP contribution in [0.2, 0.25) is 0 Å². The number of carbonyl (C=O) groups excluding carboxylic acids is 1. The van der Waals surface area contributed by atoms with Crippen molar-refractivity contribution in [1.29, 1.82) is 0 Å². The van der Waals surface area contributed by atoms with Crippen molar-refractivity contribution in [3.63, 3.8) is 0 Å². The zero-order chi connectivity index (χ0) is 17.8. The Labute approximate surface area is 151 Å². The fourth-order valence-corrected chi connectivity index (χ4v) is 3.95. The first-order valence-electron chi connectivity index (χ1n) is 8.62. The second-order valence-electron chi connectivity index (χ2n) is 6.57. The first-order valence-corrected chi connectivity index (χ1v) is 9.61. The van der Waals surface area contributed by atoms with Gasteiger partial charge in [-0.25, -0.2) is 4.39 Å². The van der Waals surface area contributed by atoms with Gasteiger partial charge in [-0.15, -0.1) is 10.2 Å². The summed E-state index contributed by atoms with van der Waals surface area (Å²) in [4.78, 5) is 12.2. The predicted octanol–water partition coefficient (Wildman–Crippen LogP) is 3.41. The molecule has 0 bridgehead atoms. The maximum Gasteiger partial charge on any atom is 0.230 e. The van der Waals surface area contributed by atoms with Crippen LogP contribution in [-0.4, -0.2) is 32.5 Å². The molecule has 0 unspecified atom stereocenters. The Hall–Kier alpha value is -1.89. The fraction of sp³-hybridized carbons (Fsp3) is 0.500. The second kappa shape index (κ2) is 7.99. The molecular formula is C18H23FN4OS. The highest BCUT2D eigenvalue weighted by molar-refractivity contribution is 7.99. The zero-order valence-corrected chi connectivity index (χ0v) is 15.4. The van der Waals surface area contributed by atoms with Gasteiger partial charge in [0, 0.05) is 13.1 Å². The highest BCUT2D eigenvalue weighted by Crippen LogP contribution is 2.26. The minimum Gasteiger partial charge on any atom is -0.352 e. The third-order valence-corrected chi connectivity index (χ3v) is 5.76. The Morgan fingerprint density at radius 2 is 2.08 bits per heavy atom. The van der Waals surface area contributed by atoms with Crippen LogP contribution in [0.4, 0.5) is 4.39 Å². The molecule has 0 radical (unpaired) electrons. The van der Waals surface area contributed by atoms with Crippen LogP contribution in [0.15, 0.2) is 29.4 Å². The molecule has 1 aromatic heterocycles. The van der Waals surface area contributed by atoms with Crippen LogP contribution in [-0.2, 0) is 11.8 Å². The lowest BCUT2D eigenvalue weighted by molar-refractivity contribution is -0.119. The molecule has 1 aliphatic rings.